The van der Waals surface area contributed by atoms with E-state index in [0.29, 0.717) is 41.2 Å². The second-order valence-corrected chi connectivity index (χ2v) is 10.8. The van der Waals surface area contributed by atoms with Crippen LogP contribution in [-0.4, -0.2) is 41.1 Å². The Morgan fingerprint density at radius 3 is 2.75 bits per heavy atom. The summed E-state index contributed by atoms with van der Waals surface area (Å²) < 4.78 is 30.1. The van der Waals surface area contributed by atoms with Crippen molar-refractivity contribution < 1.29 is 8.42 Å². The zero-order chi connectivity index (χ0) is 19.7. The lowest BCUT2D eigenvalue weighted by Crippen LogP contribution is -2.39. The van der Waals surface area contributed by atoms with Crippen LogP contribution in [0.3, 0.4) is 0 Å². The molecule has 0 spiro atoms. The van der Waals surface area contributed by atoms with E-state index in [2.05, 4.69) is 17.6 Å². The summed E-state index contributed by atoms with van der Waals surface area (Å²) in [5.74, 6) is 0.732. The second-order valence-electron chi connectivity index (χ2n) is 7.91. The summed E-state index contributed by atoms with van der Waals surface area (Å²) in [7, 11) is -3.50. The third-order valence-corrected chi connectivity index (χ3v) is 8.52. The van der Waals surface area contributed by atoms with Crippen molar-refractivity contribution in [1.29, 1.82) is 5.26 Å². The predicted molar refractivity (Wildman–Crippen MR) is 111 cm³/mol. The number of piperidine rings is 1. The molecule has 4 rings (SSSR count). The van der Waals surface area contributed by atoms with Gasteiger partial charge in [-0.15, -0.1) is 0 Å². The van der Waals surface area contributed by atoms with Crippen LogP contribution in [0.15, 0.2) is 28.3 Å². The molecule has 2 heterocycles. The van der Waals surface area contributed by atoms with E-state index in [-0.39, 0.29) is 0 Å². The highest BCUT2D eigenvalue weighted by molar-refractivity contribution is 7.99. The smallest absolute Gasteiger partial charge is 0.243 e. The quantitative estimate of drug-likeness (QED) is 0.680. The number of aromatic nitrogens is 2. The van der Waals surface area contributed by atoms with E-state index in [0.717, 1.165) is 36.4 Å². The van der Waals surface area contributed by atoms with Gasteiger partial charge in [-0.1, -0.05) is 31.5 Å². The molecule has 0 N–H and O–H groups in total. The van der Waals surface area contributed by atoms with Crippen molar-refractivity contribution in [3.05, 3.63) is 18.2 Å². The predicted octanol–water partition coefficient (Wildman–Crippen LogP) is 4.19. The fourth-order valence-corrected chi connectivity index (χ4v) is 6.81. The number of hydrogen-bond donors (Lipinski definition) is 0. The van der Waals surface area contributed by atoms with E-state index in [1.54, 1.807) is 16.4 Å². The number of benzene rings is 1. The van der Waals surface area contributed by atoms with Crippen molar-refractivity contribution in [3.8, 4) is 6.07 Å². The van der Waals surface area contributed by atoms with E-state index in [4.69, 9.17) is 10.2 Å². The van der Waals surface area contributed by atoms with Gasteiger partial charge in [0.15, 0.2) is 5.16 Å². The molecule has 150 valence electrons. The Bertz CT molecular complexity index is 1000. The highest BCUT2D eigenvalue weighted by Gasteiger charge is 2.30. The Labute approximate surface area is 171 Å². The Morgan fingerprint density at radius 1 is 1.25 bits per heavy atom. The van der Waals surface area contributed by atoms with Crippen molar-refractivity contribution in [2.45, 2.75) is 61.5 Å². The molecule has 0 radical (unpaired) electrons. The van der Waals surface area contributed by atoms with Crippen LogP contribution < -0.4 is 0 Å². The lowest BCUT2D eigenvalue weighted by Gasteiger charge is -2.30. The first-order valence-electron chi connectivity index (χ1n) is 10.0. The molecule has 1 atom stereocenters. The van der Waals surface area contributed by atoms with Crippen molar-refractivity contribution in [2.24, 2.45) is 5.92 Å². The van der Waals surface area contributed by atoms with Gasteiger partial charge in [-0.2, -0.15) is 9.57 Å². The van der Waals surface area contributed by atoms with Crippen molar-refractivity contribution in [2.75, 3.05) is 18.8 Å². The van der Waals surface area contributed by atoms with Gasteiger partial charge in [-0.3, -0.25) is 0 Å². The molecule has 6 nitrogen and oxygen atoms in total. The van der Waals surface area contributed by atoms with Crippen LogP contribution in [0.4, 0.5) is 0 Å². The Kier molecular flexibility index (Phi) is 5.68. The molecule has 1 unspecified atom stereocenters. The number of fused-ring (bicyclic) bond motifs is 1. The zero-order valence-electron chi connectivity index (χ0n) is 16.2. The zero-order valence-corrected chi connectivity index (χ0v) is 17.8. The summed E-state index contributed by atoms with van der Waals surface area (Å²) >= 11 is 1.43. The molecule has 8 heteroatoms. The molecule has 1 aromatic heterocycles. The molecule has 28 heavy (non-hydrogen) atoms. The summed E-state index contributed by atoms with van der Waals surface area (Å²) in [6, 6.07) is 7.89. The van der Waals surface area contributed by atoms with E-state index < -0.39 is 10.0 Å². The van der Waals surface area contributed by atoms with E-state index >= 15 is 0 Å². The molecule has 1 aliphatic heterocycles. The molecule has 1 saturated heterocycles. The highest BCUT2D eigenvalue weighted by Crippen LogP contribution is 2.37. The molecule has 0 amide bonds. The minimum Gasteiger partial charge on any atom is -0.316 e. The lowest BCUT2D eigenvalue weighted by molar-refractivity contribution is 0.281. The number of rotatable bonds is 5. The molecule has 0 bridgehead atoms. The molecular weight excluding hydrogens is 392 g/mol. The maximum absolute atomic E-state index is 13.1. The van der Waals surface area contributed by atoms with Gasteiger partial charge in [0.1, 0.15) is 0 Å². The average molecular weight is 419 g/mol. The summed E-state index contributed by atoms with van der Waals surface area (Å²) in [4.78, 5) is 5.04. The second kappa shape index (κ2) is 8.05. The van der Waals surface area contributed by atoms with Gasteiger partial charge in [0.05, 0.1) is 27.8 Å². The van der Waals surface area contributed by atoms with Gasteiger partial charge < -0.3 is 4.57 Å². The van der Waals surface area contributed by atoms with E-state index in [9.17, 15) is 8.42 Å². The number of hydrogen-bond acceptors (Lipinski definition) is 5. The Balaban J connectivity index is 1.73. The van der Waals surface area contributed by atoms with Crippen molar-refractivity contribution >= 4 is 32.8 Å². The first-order chi connectivity index (χ1) is 13.5. The molecule has 2 fully saturated rings. The summed E-state index contributed by atoms with van der Waals surface area (Å²) in [5, 5.41) is 9.81. The molecule has 1 aromatic carbocycles. The maximum Gasteiger partial charge on any atom is 0.243 e. The molecule has 2 aromatic rings. The van der Waals surface area contributed by atoms with Crippen LogP contribution >= 0.6 is 11.8 Å². The summed E-state index contributed by atoms with van der Waals surface area (Å²) in [6.45, 7) is 3.28. The first kappa shape index (κ1) is 19.7. The van der Waals surface area contributed by atoms with Crippen LogP contribution in [0, 0.1) is 17.2 Å². The first-order valence-corrected chi connectivity index (χ1v) is 12.4. The number of nitrogens with zero attached hydrogens (tertiary/aromatic N) is 4. The highest BCUT2D eigenvalue weighted by atomic mass is 32.2. The third-order valence-electron chi connectivity index (χ3n) is 5.84. The topological polar surface area (TPSA) is 79.0 Å². The number of sulfonamides is 1. The third kappa shape index (κ3) is 3.68. The molecule has 1 saturated carbocycles. The fraction of sp³-hybridized carbons (Fsp3) is 0.600. The number of nitriles is 1. The largest absolute Gasteiger partial charge is 0.316 e. The molecular formula is C20H26N4O2S2. The van der Waals surface area contributed by atoms with Crippen LogP contribution in [0.1, 0.15) is 51.5 Å². The van der Waals surface area contributed by atoms with Gasteiger partial charge in [0.25, 0.3) is 0 Å². The molecule has 1 aliphatic carbocycles. The van der Waals surface area contributed by atoms with Crippen molar-refractivity contribution in [1.82, 2.24) is 13.9 Å². The van der Waals surface area contributed by atoms with Crippen LogP contribution in [0.5, 0.6) is 0 Å². The fourth-order valence-electron chi connectivity index (χ4n) is 4.44. The lowest BCUT2D eigenvalue weighted by atomic mass is 10.0. The monoisotopic (exact) mass is 418 g/mol. The maximum atomic E-state index is 13.1. The van der Waals surface area contributed by atoms with E-state index in [1.807, 2.05) is 6.07 Å². The summed E-state index contributed by atoms with van der Waals surface area (Å²) in [6.07, 6.45) is 6.61. The van der Waals surface area contributed by atoms with Crippen LogP contribution in [0.25, 0.3) is 11.0 Å². The Hall–Kier alpha value is -1.56. The standard InChI is InChI=1S/C20H26N4O2S2/c1-15-5-4-11-23(14-15)28(25,26)17-8-9-19-18(13-17)22-20(27-12-10-21)24(19)16-6-2-3-7-16/h8-9,13,15-16H,2-7,11-12,14H2,1H3. The van der Waals surface area contributed by atoms with Crippen LogP contribution in [-0.2, 0) is 10.0 Å². The number of imidazole rings is 1. The van der Waals surface area contributed by atoms with Gasteiger partial charge in [-0.05, 0) is 49.8 Å². The van der Waals surface area contributed by atoms with E-state index in [1.165, 1.54) is 24.6 Å². The van der Waals surface area contributed by atoms with Gasteiger partial charge in [0.2, 0.25) is 10.0 Å². The minimum atomic E-state index is -3.50. The van der Waals surface area contributed by atoms with Crippen LogP contribution in [0.2, 0.25) is 0 Å². The normalized spacial score (nSPS) is 21.9. The van der Waals surface area contributed by atoms with Gasteiger partial charge >= 0.3 is 0 Å². The molecule has 2 aliphatic rings. The minimum absolute atomic E-state index is 0.321. The van der Waals surface area contributed by atoms with Crippen molar-refractivity contribution in [3.63, 3.8) is 0 Å². The number of thioether (sulfide) groups is 1. The SMILES string of the molecule is CC1CCCN(S(=O)(=O)c2ccc3c(c2)nc(SCC#N)n3C2CCCC2)C1. The van der Waals surface area contributed by atoms with Gasteiger partial charge in [0, 0.05) is 19.1 Å². The summed E-state index contributed by atoms with van der Waals surface area (Å²) in [5.41, 5.74) is 1.68. The Morgan fingerprint density at radius 2 is 2.04 bits per heavy atom. The average Bonchev–Trinajstić information content (AvgIpc) is 3.32. The van der Waals surface area contributed by atoms with Gasteiger partial charge in [-0.25, -0.2) is 13.4 Å².